The molecule has 2 aromatic rings. The van der Waals surface area contributed by atoms with Crippen LogP contribution in [0.4, 0.5) is 0 Å². The van der Waals surface area contributed by atoms with Crippen molar-refractivity contribution < 1.29 is 14.3 Å². The fraction of sp³-hybridized carbons (Fsp3) is 0.263. The molecule has 0 unspecified atom stereocenters. The fourth-order valence-corrected chi connectivity index (χ4v) is 3.98. The van der Waals surface area contributed by atoms with E-state index in [1.165, 1.54) is 11.8 Å². The highest BCUT2D eigenvalue weighted by atomic mass is 35.5. The lowest BCUT2D eigenvalue weighted by Crippen LogP contribution is -2.21. The van der Waals surface area contributed by atoms with Gasteiger partial charge in [-0.25, -0.2) is 5.43 Å². The zero-order valence-corrected chi connectivity index (χ0v) is 17.0. The van der Waals surface area contributed by atoms with Crippen molar-refractivity contribution in [3.05, 3.63) is 57.6 Å². The smallest absolute Gasteiger partial charge is 0.250 e. The van der Waals surface area contributed by atoms with E-state index in [4.69, 9.17) is 32.7 Å². The van der Waals surface area contributed by atoms with E-state index in [1.54, 1.807) is 18.2 Å². The van der Waals surface area contributed by atoms with Crippen LogP contribution in [0, 0.1) is 0 Å². The van der Waals surface area contributed by atoms with Crippen LogP contribution in [0.5, 0.6) is 11.5 Å². The van der Waals surface area contributed by atoms with Gasteiger partial charge in [-0.1, -0.05) is 29.3 Å². The Bertz CT molecular complexity index is 854. The first-order valence-corrected chi connectivity index (χ1v) is 10.2. The van der Waals surface area contributed by atoms with Crippen LogP contribution in [0.3, 0.4) is 0 Å². The van der Waals surface area contributed by atoms with Crippen LogP contribution in [0.1, 0.15) is 18.1 Å². The number of halogens is 2. The number of nitrogens with one attached hydrogen (secondary N) is 1. The molecule has 142 valence electrons. The number of benzene rings is 2. The Labute approximate surface area is 172 Å². The molecule has 0 aromatic heterocycles. The highest BCUT2D eigenvalue weighted by molar-refractivity contribution is 7.99. The summed E-state index contributed by atoms with van der Waals surface area (Å²) < 4.78 is 11.1. The molecule has 2 aromatic carbocycles. The number of amides is 1. The van der Waals surface area contributed by atoms with E-state index < -0.39 is 0 Å². The molecule has 5 nitrogen and oxygen atoms in total. The molecule has 0 aliphatic carbocycles. The van der Waals surface area contributed by atoms with Crippen molar-refractivity contribution in [2.45, 2.75) is 12.7 Å². The predicted molar refractivity (Wildman–Crippen MR) is 110 cm³/mol. The number of carbonyl (C=O) groups excluding carboxylic acids is 1. The Morgan fingerprint density at radius 2 is 1.85 bits per heavy atom. The van der Waals surface area contributed by atoms with Gasteiger partial charge in [0.1, 0.15) is 13.2 Å². The molecular formula is C19H18Cl2N2O3S. The third-order valence-electron chi connectivity index (χ3n) is 3.85. The first-order valence-electron chi connectivity index (χ1n) is 8.28. The van der Waals surface area contributed by atoms with Gasteiger partial charge in [0.25, 0.3) is 0 Å². The Balaban J connectivity index is 1.52. The number of thioether (sulfide) groups is 1. The number of nitrogens with zero attached hydrogens (tertiary/aromatic N) is 1. The molecule has 1 heterocycles. The van der Waals surface area contributed by atoms with Gasteiger partial charge in [-0.2, -0.15) is 5.10 Å². The van der Waals surface area contributed by atoms with E-state index >= 15 is 0 Å². The van der Waals surface area contributed by atoms with Gasteiger partial charge in [0.05, 0.1) is 11.5 Å². The minimum Gasteiger partial charge on any atom is -0.486 e. The van der Waals surface area contributed by atoms with Crippen LogP contribution in [0.25, 0.3) is 0 Å². The summed E-state index contributed by atoms with van der Waals surface area (Å²) in [5.41, 5.74) is 4.93. The van der Waals surface area contributed by atoms with Crippen LogP contribution in [-0.4, -0.2) is 30.6 Å². The van der Waals surface area contributed by atoms with Gasteiger partial charge in [-0.05, 0) is 42.8 Å². The molecule has 1 amide bonds. The number of carbonyl (C=O) groups is 1. The molecule has 0 fully saturated rings. The normalized spacial score (nSPS) is 13.4. The minimum atomic E-state index is -0.194. The van der Waals surface area contributed by atoms with Crippen molar-refractivity contribution in [3.8, 4) is 11.5 Å². The first kappa shape index (κ1) is 19.9. The zero-order valence-electron chi connectivity index (χ0n) is 14.6. The second-order valence-corrected chi connectivity index (χ2v) is 7.58. The zero-order chi connectivity index (χ0) is 19.2. The van der Waals surface area contributed by atoms with Crippen LogP contribution in [0.15, 0.2) is 41.5 Å². The molecule has 0 bridgehead atoms. The second kappa shape index (κ2) is 9.35. The third-order valence-corrected chi connectivity index (χ3v) is 5.52. The molecule has 27 heavy (non-hydrogen) atoms. The highest BCUT2D eigenvalue weighted by Crippen LogP contribution is 2.31. The van der Waals surface area contributed by atoms with Crippen molar-refractivity contribution >= 4 is 46.6 Å². The van der Waals surface area contributed by atoms with E-state index in [1.807, 2.05) is 25.1 Å². The van der Waals surface area contributed by atoms with Gasteiger partial charge in [0.15, 0.2) is 11.5 Å². The van der Waals surface area contributed by atoms with E-state index in [2.05, 4.69) is 10.5 Å². The lowest BCUT2D eigenvalue weighted by atomic mass is 10.1. The van der Waals surface area contributed by atoms with Gasteiger partial charge >= 0.3 is 0 Å². The van der Waals surface area contributed by atoms with E-state index in [9.17, 15) is 4.79 Å². The van der Waals surface area contributed by atoms with Crippen LogP contribution < -0.4 is 14.9 Å². The number of hydrazone groups is 1. The third kappa shape index (κ3) is 5.31. The molecule has 0 radical (unpaired) electrons. The van der Waals surface area contributed by atoms with E-state index in [0.29, 0.717) is 40.5 Å². The Morgan fingerprint density at radius 1 is 1.15 bits per heavy atom. The molecule has 1 aliphatic heterocycles. The summed E-state index contributed by atoms with van der Waals surface area (Å²) in [6.45, 7) is 2.89. The lowest BCUT2D eigenvalue weighted by Gasteiger charge is -2.18. The van der Waals surface area contributed by atoms with Crippen molar-refractivity contribution in [1.29, 1.82) is 0 Å². The molecule has 0 saturated carbocycles. The molecule has 8 heteroatoms. The number of hydrogen-bond acceptors (Lipinski definition) is 5. The first-order chi connectivity index (χ1) is 13.0. The van der Waals surface area contributed by atoms with Crippen molar-refractivity contribution in [2.75, 3.05) is 19.0 Å². The average Bonchev–Trinajstić information content (AvgIpc) is 2.68. The maximum atomic E-state index is 12.0. The largest absolute Gasteiger partial charge is 0.486 e. The van der Waals surface area contributed by atoms with E-state index in [0.717, 1.165) is 16.9 Å². The monoisotopic (exact) mass is 424 g/mol. The Morgan fingerprint density at radius 3 is 2.59 bits per heavy atom. The summed E-state index contributed by atoms with van der Waals surface area (Å²) in [5, 5.41) is 5.36. The molecule has 3 rings (SSSR count). The molecule has 0 atom stereocenters. The summed E-state index contributed by atoms with van der Waals surface area (Å²) in [5.74, 6) is 2.01. The summed E-state index contributed by atoms with van der Waals surface area (Å²) in [6, 6.07) is 10.9. The van der Waals surface area contributed by atoms with Gasteiger partial charge < -0.3 is 9.47 Å². The predicted octanol–water partition coefficient (Wildman–Crippen LogP) is 4.54. The van der Waals surface area contributed by atoms with Crippen molar-refractivity contribution in [1.82, 2.24) is 5.43 Å². The summed E-state index contributed by atoms with van der Waals surface area (Å²) in [4.78, 5) is 12.0. The SMILES string of the molecule is C/C(=N/NC(=O)CSCc1c(Cl)cccc1Cl)c1ccc2c(c1)OCCO2. The molecule has 0 saturated heterocycles. The van der Waals surface area contributed by atoms with Gasteiger partial charge in [0.2, 0.25) is 5.91 Å². The van der Waals surface area contributed by atoms with Crippen LogP contribution >= 0.6 is 35.0 Å². The number of ether oxygens (including phenoxy) is 2. The maximum absolute atomic E-state index is 12.0. The summed E-state index contributed by atoms with van der Waals surface area (Å²) >= 11 is 13.7. The number of hydrogen-bond donors (Lipinski definition) is 1. The van der Waals surface area contributed by atoms with Gasteiger partial charge in [0, 0.05) is 21.4 Å². The summed E-state index contributed by atoms with van der Waals surface area (Å²) in [6.07, 6.45) is 0. The average molecular weight is 425 g/mol. The lowest BCUT2D eigenvalue weighted by molar-refractivity contribution is -0.118. The molecular weight excluding hydrogens is 407 g/mol. The van der Waals surface area contributed by atoms with Crippen molar-refractivity contribution in [2.24, 2.45) is 5.10 Å². The maximum Gasteiger partial charge on any atom is 0.250 e. The fourth-order valence-electron chi connectivity index (χ4n) is 2.43. The van der Waals surface area contributed by atoms with E-state index in [-0.39, 0.29) is 11.7 Å². The van der Waals surface area contributed by atoms with Crippen LogP contribution in [-0.2, 0) is 10.5 Å². The topological polar surface area (TPSA) is 59.9 Å². The highest BCUT2D eigenvalue weighted by Gasteiger charge is 2.13. The van der Waals surface area contributed by atoms with Crippen molar-refractivity contribution in [3.63, 3.8) is 0 Å². The Kier molecular flexibility index (Phi) is 6.88. The number of fused-ring (bicyclic) bond motifs is 1. The quantitative estimate of drug-likeness (QED) is 0.546. The minimum absolute atomic E-state index is 0.194. The molecule has 0 spiro atoms. The molecule has 1 aliphatic rings. The second-order valence-electron chi connectivity index (χ2n) is 5.78. The van der Waals surface area contributed by atoms with Crippen LogP contribution in [0.2, 0.25) is 10.0 Å². The Hall–Kier alpha value is -1.89. The summed E-state index contributed by atoms with van der Waals surface area (Å²) in [7, 11) is 0. The standard InChI is InChI=1S/C19H18Cl2N2O3S/c1-12(13-5-6-17-18(9-13)26-8-7-25-17)22-23-19(24)11-27-10-14-15(20)3-2-4-16(14)21/h2-6,9H,7-8,10-11H2,1H3,(H,23,24)/b22-12-. The van der Waals surface area contributed by atoms with Gasteiger partial charge in [-0.3, -0.25) is 4.79 Å². The number of rotatable bonds is 6. The molecule has 1 N–H and O–H groups in total. The van der Waals surface area contributed by atoms with Gasteiger partial charge in [-0.15, -0.1) is 11.8 Å².